The molecule has 0 bridgehead atoms. The second-order valence-corrected chi connectivity index (χ2v) is 8.15. The maximum Gasteiger partial charge on any atom is 0.261 e. The summed E-state index contributed by atoms with van der Waals surface area (Å²) >= 11 is 0. The van der Waals surface area contributed by atoms with Crippen molar-refractivity contribution in [1.82, 2.24) is 0 Å². The molecule has 0 radical (unpaired) electrons. The van der Waals surface area contributed by atoms with Gasteiger partial charge in [-0.2, -0.15) is 0 Å². The summed E-state index contributed by atoms with van der Waals surface area (Å²) in [5.74, 6) is 1.43. The van der Waals surface area contributed by atoms with Crippen LogP contribution >= 0.6 is 0 Å². The number of hydrogen-bond acceptors (Lipinski definition) is 4. The minimum absolute atomic E-state index is 0.214. The highest BCUT2D eigenvalue weighted by Gasteiger charge is 2.27. The van der Waals surface area contributed by atoms with Gasteiger partial charge in [0.05, 0.1) is 12.0 Å². The first-order chi connectivity index (χ1) is 11.3. The van der Waals surface area contributed by atoms with Crippen LogP contribution in [0.1, 0.15) is 25.8 Å². The Labute approximate surface area is 142 Å². The molecule has 1 aliphatic heterocycles. The van der Waals surface area contributed by atoms with Crippen LogP contribution in [0.25, 0.3) is 0 Å². The zero-order valence-electron chi connectivity index (χ0n) is 14.0. The molecule has 6 heteroatoms. The monoisotopic (exact) mass is 347 g/mol. The number of aryl methyl sites for hydroxylation is 1. The Morgan fingerprint density at radius 3 is 2.50 bits per heavy atom. The van der Waals surface area contributed by atoms with E-state index < -0.39 is 10.0 Å². The van der Waals surface area contributed by atoms with Gasteiger partial charge in [0.1, 0.15) is 17.1 Å². The Morgan fingerprint density at radius 1 is 1.12 bits per heavy atom. The summed E-state index contributed by atoms with van der Waals surface area (Å²) in [7, 11) is -2.08. The van der Waals surface area contributed by atoms with E-state index in [1.165, 1.54) is 0 Å². The summed E-state index contributed by atoms with van der Waals surface area (Å²) in [5.41, 5.74) is 1.20. The average Bonchev–Trinajstić information content (AvgIpc) is 2.54. The fourth-order valence-corrected chi connectivity index (χ4v) is 3.78. The highest BCUT2D eigenvalue weighted by Crippen LogP contribution is 2.34. The van der Waals surface area contributed by atoms with Crippen LogP contribution < -0.4 is 14.2 Å². The standard InChI is InChI=1S/C18H21NO4S/c1-18(2)11-10-13-12-16(8-9-17(13)23-18)24(20,21)19-14-4-6-15(22-3)7-5-14/h4-9,12,19H,10-11H2,1-3H3. The summed E-state index contributed by atoms with van der Waals surface area (Å²) in [4.78, 5) is 0.236. The number of benzene rings is 2. The second kappa shape index (κ2) is 6.02. The van der Waals surface area contributed by atoms with Gasteiger partial charge in [0.25, 0.3) is 10.0 Å². The van der Waals surface area contributed by atoms with Crippen LogP contribution in [0.5, 0.6) is 11.5 Å². The lowest BCUT2D eigenvalue weighted by atomic mass is 9.94. The maximum atomic E-state index is 12.6. The molecule has 0 fully saturated rings. The number of fused-ring (bicyclic) bond motifs is 1. The van der Waals surface area contributed by atoms with Gasteiger partial charge in [0, 0.05) is 5.69 Å². The van der Waals surface area contributed by atoms with Crippen molar-refractivity contribution in [2.24, 2.45) is 0 Å². The summed E-state index contributed by atoms with van der Waals surface area (Å²) in [6.07, 6.45) is 1.66. The van der Waals surface area contributed by atoms with E-state index in [1.807, 2.05) is 13.8 Å². The van der Waals surface area contributed by atoms with Crippen LogP contribution in [-0.4, -0.2) is 21.1 Å². The first-order valence-electron chi connectivity index (χ1n) is 7.78. The molecule has 1 aliphatic rings. The summed E-state index contributed by atoms with van der Waals surface area (Å²) < 4.78 is 38.7. The van der Waals surface area contributed by atoms with Crippen LogP contribution in [0.15, 0.2) is 47.4 Å². The molecule has 0 atom stereocenters. The molecule has 0 aromatic heterocycles. The van der Waals surface area contributed by atoms with E-state index in [4.69, 9.17) is 9.47 Å². The highest BCUT2D eigenvalue weighted by molar-refractivity contribution is 7.92. The molecular formula is C18H21NO4S. The zero-order chi connectivity index (χ0) is 17.4. The van der Waals surface area contributed by atoms with Crippen molar-refractivity contribution in [3.63, 3.8) is 0 Å². The number of nitrogens with one attached hydrogen (secondary N) is 1. The quantitative estimate of drug-likeness (QED) is 0.918. The molecule has 0 aliphatic carbocycles. The molecule has 5 nitrogen and oxygen atoms in total. The Morgan fingerprint density at radius 2 is 1.83 bits per heavy atom. The van der Waals surface area contributed by atoms with Crippen LogP contribution in [0.2, 0.25) is 0 Å². The van der Waals surface area contributed by atoms with Gasteiger partial charge >= 0.3 is 0 Å². The molecule has 0 unspecified atom stereocenters. The Bertz CT molecular complexity index is 842. The van der Waals surface area contributed by atoms with Crippen molar-refractivity contribution in [3.05, 3.63) is 48.0 Å². The van der Waals surface area contributed by atoms with Crippen LogP contribution in [0.4, 0.5) is 5.69 Å². The topological polar surface area (TPSA) is 64.6 Å². The van der Waals surface area contributed by atoms with Crippen LogP contribution in [-0.2, 0) is 16.4 Å². The molecule has 128 valence electrons. The summed E-state index contributed by atoms with van der Waals surface area (Å²) in [6, 6.07) is 11.8. The molecule has 2 aromatic carbocycles. The predicted molar refractivity (Wildman–Crippen MR) is 93.3 cm³/mol. The van der Waals surface area contributed by atoms with E-state index in [2.05, 4.69) is 4.72 Å². The molecule has 0 saturated carbocycles. The number of rotatable bonds is 4. The lowest BCUT2D eigenvalue weighted by molar-refractivity contribution is 0.0845. The largest absolute Gasteiger partial charge is 0.497 e. The van der Waals surface area contributed by atoms with Crippen molar-refractivity contribution < 1.29 is 17.9 Å². The van der Waals surface area contributed by atoms with E-state index in [0.29, 0.717) is 11.4 Å². The van der Waals surface area contributed by atoms with Crippen LogP contribution in [0, 0.1) is 0 Å². The molecule has 1 N–H and O–H groups in total. The van der Waals surface area contributed by atoms with Crippen molar-refractivity contribution in [2.75, 3.05) is 11.8 Å². The molecule has 1 heterocycles. The highest BCUT2D eigenvalue weighted by atomic mass is 32.2. The predicted octanol–water partition coefficient (Wildman–Crippen LogP) is 3.60. The van der Waals surface area contributed by atoms with Gasteiger partial charge in [0.2, 0.25) is 0 Å². The van der Waals surface area contributed by atoms with Gasteiger partial charge in [-0.05, 0) is 74.7 Å². The third-order valence-corrected chi connectivity index (χ3v) is 5.45. The molecule has 24 heavy (non-hydrogen) atoms. The molecule has 0 spiro atoms. The second-order valence-electron chi connectivity index (χ2n) is 6.47. The number of ether oxygens (including phenoxy) is 2. The maximum absolute atomic E-state index is 12.6. The van der Waals surface area contributed by atoms with Crippen molar-refractivity contribution in [3.8, 4) is 11.5 Å². The number of anilines is 1. The van der Waals surface area contributed by atoms with Crippen LogP contribution in [0.3, 0.4) is 0 Å². The molecule has 0 amide bonds. The van der Waals surface area contributed by atoms with Crippen molar-refractivity contribution in [2.45, 2.75) is 37.2 Å². The van der Waals surface area contributed by atoms with Gasteiger partial charge in [-0.3, -0.25) is 4.72 Å². The lowest BCUT2D eigenvalue weighted by Crippen LogP contribution is -2.32. The van der Waals surface area contributed by atoms with Crippen molar-refractivity contribution >= 4 is 15.7 Å². The molecule has 0 saturated heterocycles. The fourth-order valence-electron chi connectivity index (χ4n) is 2.68. The van der Waals surface area contributed by atoms with Gasteiger partial charge in [-0.1, -0.05) is 0 Å². The van der Waals surface area contributed by atoms with Gasteiger partial charge < -0.3 is 9.47 Å². The number of sulfonamides is 1. The van der Waals surface area contributed by atoms with E-state index in [-0.39, 0.29) is 10.5 Å². The van der Waals surface area contributed by atoms with Gasteiger partial charge in [-0.25, -0.2) is 8.42 Å². The van der Waals surface area contributed by atoms with E-state index >= 15 is 0 Å². The zero-order valence-corrected chi connectivity index (χ0v) is 14.8. The van der Waals surface area contributed by atoms with Gasteiger partial charge in [0.15, 0.2) is 0 Å². The number of methoxy groups -OCH3 is 1. The molecule has 3 rings (SSSR count). The lowest BCUT2D eigenvalue weighted by Gasteiger charge is -2.32. The normalized spacial score (nSPS) is 16.0. The minimum atomic E-state index is -3.64. The molecule has 2 aromatic rings. The minimum Gasteiger partial charge on any atom is -0.497 e. The van der Waals surface area contributed by atoms with Crippen molar-refractivity contribution in [1.29, 1.82) is 0 Å². The molecular weight excluding hydrogens is 326 g/mol. The summed E-state index contributed by atoms with van der Waals surface area (Å²) in [5, 5.41) is 0. The Balaban J connectivity index is 1.84. The number of hydrogen-bond donors (Lipinski definition) is 1. The smallest absolute Gasteiger partial charge is 0.261 e. The average molecular weight is 347 g/mol. The first-order valence-corrected chi connectivity index (χ1v) is 9.26. The Hall–Kier alpha value is -2.21. The third-order valence-electron chi connectivity index (χ3n) is 4.07. The van der Waals surface area contributed by atoms with E-state index in [1.54, 1.807) is 49.6 Å². The Kier molecular flexibility index (Phi) is 4.17. The van der Waals surface area contributed by atoms with E-state index in [9.17, 15) is 8.42 Å². The third kappa shape index (κ3) is 3.48. The SMILES string of the molecule is COc1ccc(NS(=O)(=O)c2ccc3c(c2)CCC(C)(C)O3)cc1. The van der Waals surface area contributed by atoms with E-state index in [0.717, 1.165) is 24.2 Å². The van der Waals surface area contributed by atoms with Gasteiger partial charge in [-0.15, -0.1) is 0 Å². The fraction of sp³-hybridized carbons (Fsp3) is 0.333. The summed E-state index contributed by atoms with van der Waals surface area (Å²) in [6.45, 7) is 4.07. The first kappa shape index (κ1) is 16.6.